The number of carbonyl (C=O) groups excluding carboxylic acids is 2. The maximum atomic E-state index is 11.9. The quantitative estimate of drug-likeness (QED) is 0.257. The molecule has 0 aromatic heterocycles. The number of unbranched alkanes of at least 4 members (excludes halogenated alkanes) is 1. The fraction of sp³-hybridized carbons (Fsp3) is 0.619. The minimum atomic E-state index is -1.43. The van der Waals surface area contributed by atoms with Gasteiger partial charge in [-0.3, -0.25) is 4.89 Å². The third-order valence-corrected chi connectivity index (χ3v) is 7.29. The minimum absolute atomic E-state index is 0.168. The number of hydrogen-bond acceptors (Lipinski definition) is 6. The highest BCUT2D eigenvalue weighted by molar-refractivity contribution is 6.88. The van der Waals surface area contributed by atoms with Crippen LogP contribution in [0.4, 0.5) is 4.79 Å². The van der Waals surface area contributed by atoms with Gasteiger partial charge in [-0.2, -0.15) is 0 Å². The molecule has 0 spiro atoms. The molecule has 1 aliphatic carbocycles. The van der Waals surface area contributed by atoms with Crippen LogP contribution in [0.15, 0.2) is 24.3 Å². The van der Waals surface area contributed by atoms with Crippen molar-refractivity contribution in [3.8, 4) is 0 Å². The molecule has 1 aromatic rings. The maximum Gasteiger partial charge on any atom is 0.543 e. The second-order valence-electron chi connectivity index (χ2n) is 8.50. The smallest absolute Gasteiger partial charge is 0.429 e. The summed E-state index contributed by atoms with van der Waals surface area (Å²) in [7, 11) is -1.43. The van der Waals surface area contributed by atoms with Crippen molar-refractivity contribution in [2.24, 2.45) is 5.92 Å². The van der Waals surface area contributed by atoms with Crippen molar-refractivity contribution >= 4 is 25.4 Å². The number of hydrogen-bond donors (Lipinski definition) is 0. The zero-order chi connectivity index (χ0) is 20.6. The van der Waals surface area contributed by atoms with Crippen molar-refractivity contribution in [3.63, 3.8) is 0 Å². The molecule has 6 nitrogen and oxygen atoms in total. The van der Waals surface area contributed by atoms with E-state index in [0.717, 1.165) is 31.6 Å². The third kappa shape index (κ3) is 7.28. The van der Waals surface area contributed by atoms with Crippen LogP contribution >= 0.6 is 0 Å². The van der Waals surface area contributed by atoms with Gasteiger partial charge < -0.3 is 4.74 Å². The highest BCUT2D eigenvalue weighted by Gasteiger charge is 2.25. The van der Waals surface area contributed by atoms with Crippen molar-refractivity contribution in [2.45, 2.75) is 77.6 Å². The molecule has 1 fully saturated rings. The van der Waals surface area contributed by atoms with Crippen LogP contribution in [0, 0.1) is 5.92 Å². The molecule has 0 aliphatic heterocycles. The zero-order valence-corrected chi connectivity index (χ0v) is 18.4. The van der Waals surface area contributed by atoms with Gasteiger partial charge in [0.1, 0.15) is 6.10 Å². The van der Waals surface area contributed by atoms with Gasteiger partial charge >= 0.3 is 12.1 Å². The first-order valence-electron chi connectivity index (χ1n) is 10.2. The summed E-state index contributed by atoms with van der Waals surface area (Å²) >= 11 is 0. The fourth-order valence-electron chi connectivity index (χ4n) is 3.42. The summed E-state index contributed by atoms with van der Waals surface area (Å²) in [4.78, 5) is 32.5. The van der Waals surface area contributed by atoms with E-state index in [2.05, 4.69) is 41.4 Å². The zero-order valence-electron chi connectivity index (χ0n) is 17.4. The van der Waals surface area contributed by atoms with Gasteiger partial charge in [0, 0.05) is 0 Å². The molecule has 0 atom stereocenters. The molecule has 0 heterocycles. The van der Waals surface area contributed by atoms with Crippen molar-refractivity contribution in [1.29, 1.82) is 0 Å². The van der Waals surface area contributed by atoms with E-state index >= 15 is 0 Å². The van der Waals surface area contributed by atoms with E-state index in [1.165, 1.54) is 24.4 Å². The summed E-state index contributed by atoms with van der Waals surface area (Å²) in [6.07, 6.45) is 6.31. The number of carbonyl (C=O) groups is 2. The van der Waals surface area contributed by atoms with Gasteiger partial charge in [-0.1, -0.05) is 63.1 Å². The molecule has 0 N–H and O–H groups in total. The lowest BCUT2D eigenvalue weighted by Crippen LogP contribution is -2.37. The molecule has 0 bridgehead atoms. The standard InChI is InChI=1S/C21H32O6Si/c1-5-6-7-16-8-12-18(13-9-16)24-21(23)26-27-25-20(22)17-10-14-19(15-11-17)28(2,3)4/h10-11,14-16,18H,5-9,12-13H2,1-4H3. The third-order valence-electron chi connectivity index (χ3n) is 5.22. The van der Waals surface area contributed by atoms with Gasteiger partial charge in [0.2, 0.25) is 0 Å². The molecule has 0 unspecified atom stereocenters. The van der Waals surface area contributed by atoms with Gasteiger partial charge in [-0.05, 0) is 43.7 Å². The highest BCUT2D eigenvalue weighted by Crippen LogP contribution is 2.29. The lowest BCUT2D eigenvalue weighted by atomic mass is 9.84. The molecule has 0 radical (unpaired) electrons. The number of ether oxygens (including phenoxy) is 1. The molecule has 2 rings (SSSR count). The van der Waals surface area contributed by atoms with Crippen LogP contribution in [0.5, 0.6) is 0 Å². The van der Waals surface area contributed by atoms with E-state index < -0.39 is 20.2 Å². The van der Waals surface area contributed by atoms with E-state index in [-0.39, 0.29) is 6.10 Å². The average molecular weight is 409 g/mol. The SMILES string of the molecule is CCCCC1CCC(OC(=O)OOOC(=O)c2ccc([Si](C)(C)C)cc2)CC1. The Labute approximate surface area is 168 Å². The Kier molecular flexibility index (Phi) is 8.50. The maximum absolute atomic E-state index is 11.9. The largest absolute Gasteiger partial charge is 0.543 e. The summed E-state index contributed by atoms with van der Waals surface area (Å²) in [6, 6.07) is 7.17. The Morgan fingerprint density at radius 2 is 1.64 bits per heavy atom. The van der Waals surface area contributed by atoms with Gasteiger partial charge in [-0.25, -0.2) is 14.5 Å². The second kappa shape index (κ2) is 10.6. The number of rotatable bonds is 8. The van der Waals surface area contributed by atoms with Crippen LogP contribution in [0.2, 0.25) is 19.6 Å². The molecule has 0 saturated heterocycles. The molecule has 156 valence electrons. The molecule has 1 aromatic carbocycles. The molecule has 28 heavy (non-hydrogen) atoms. The Bertz CT molecular complexity index is 629. The Morgan fingerprint density at radius 3 is 2.21 bits per heavy atom. The summed E-state index contributed by atoms with van der Waals surface area (Å²) in [5, 5.41) is 5.54. The predicted octanol–water partition coefficient (Wildman–Crippen LogP) is 5.14. The fourth-order valence-corrected chi connectivity index (χ4v) is 4.58. The summed E-state index contributed by atoms with van der Waals surface area (Å²) in [5.74, 6) is -0.00767. The minimum Gasteiger partial charge on any atom is -0.429 e. The molecule has 7 heteroatoms. The van der Waals surface area contributed by atoms with E-state index in [1.807, 2.05) is 12.1 Å². The van der Waals surface area contributed by atoms with Crippen molar-refractivity contribution in [2.75, 3.05) is 0 Å². The summed E-state index contributed by atoms with van der Waals surface area (Å²) < 4.78 is 5.21. The topological polar surface area (TPSA) is 71.1 Å². The van der Waals surface area contributed by atoms with Gasteiger partial charge in [0.15, 0.2) is 0 Å². The predicted molar refractivity (Wildman–Crippen MR) is 109 cm³/mol. The molecular formula is C21H32O6Si. The first-order chi connectivity index (χ1) is 13.3. The highest BCUT2D eigenvalue weighted by atomic mass is 28.3. The van der Waals surface area contributed by atoms with Gasteiger partial charge in [0.25, 0.3) is 0 Å². The monoisotopic (exact) mass is 408 g/mol. The Morgan fingerprint density at radius 1 is 1.00 bits per heavy atom. The summed E-state index contributed by atoms with van der Waals surface area (Å²) in [5.41, 5.74) is 0.323. The van der Waals surface area contributed by atoms with Crippen molar-refractivity contribution in [3.05, 3.63) is 29.8 Å². The van der Waals surface area contributed by atoms with Crippen molar-refractivity contribution < 1.29 is 29.1 Å². The van der Waals surface area contributed by atoms with Crippen LogP contribution in [0.3, 0.4) is 0 Å². The lowest BCUT2D eigenvalue weighted by molar-refractivity contribution is -0.453. The van der Waals surface area contributed by atoms with Crippen LogP contribution in [0.25, 0.3) is 0 Å². The van der Waals surface area contributed by atoms with Crippen LogP contribution in [-0.4, -0.2) is 26.3 Å². The van der Waals surface area contributed by atoms with E-state index in [4.69, 9.17) is 4.74 Å². The molecule has 1 aliphatic rings. The Balaban J connectivity index is 1.66. The first kappa shape index (κ1) is 22.4. The molecule has 0 amide bonds. The summed E-state index contributed by atoms with van der Waals surface area (Å²) in [6.45, 7) is 8.86. The van der Waals surface area contributed by atoms with Crippen LogP contribution < -0.4 is 5.19 Å². The molecule has 1 saturated carbocycles. The normalized spacial score (nSPS) is 19.7. The average Bonchev–Trinajstić information content (AvgIpc) is 2.67. The van der Waals surface area contributed by atoms with Gasteiger partial charge in [0.05, 0.1) is 18.7 Å². The Hall–Kier alpha value is -1.86. The van der Waals surface area contributed by atoms with Crippen LogP contribution in [0.1, 0.15) is 62.2 Å². The lowest BCUT2D eigenvalue weighted by Gasteiger charge is -2.27. The van der Waals surface area contributed by atoms with Crippen molar-refractivity contribution in [1.82, 2.24) is 0 Å². The number of benzene rings is 1. The van der Waals surface area contributed by atoms with E-state index in [0.29, 0.717) is 5.56 Å². The van der Waals surface area contributed by atoms with Gasteiger partial charge in [-0.15, -0.1) is 0 Å². The van der Waals surface area contributed by atoms with E-state index in [9.17, 15) is 9.59 Å². The second-order valence-corrected chi connectivity index (χ2v) is 13.6. The van der Waals surface area contributed by atoms with E-state index in [1.54, 1.807) is 12.1 Å². The van der Waals surface area contributed by atoms with Crippen LogP contribution in [-0.2, 0) is 19.6 Å². The molecular weight excluding hydrogens is 376 g/mol. The first-order valence-corrected chi connectivity index (χ1v) is 13.7.